The molecule has 0 atom stereocenters. The maximum atomic E-state index is 14.0. The van der Waals surface area contributed by atoms with E-state index in [0.717, 1.165) is 0 Å². The van der Waals surface area contributed by atoms with Crippen molar-refractivity contribution in [3.8, 4) is 22.6 Å². The van der Waals surface area contributed by atoms with Crippen molar-refractivity contribution < 1.29 is 19.0 Å². The van der Waals surface area contributed by atoms with E-state index in [2.05, 4.69) is 5.32 Å². The third-order valence-corrected chi connectivity index (χ3v) is 3.06. The van der Waals surface area contributed by atoms with Gasteiger partial charge in [0.1, 0.15) is 5.82 Å². The van der Waals surface area contributed by atoms with E-state index in [4.69, 9.17) is 4.74 Å². The highest BCUT2D eigenvalue weighted by Gasteiger charge is 2.12. The Balaban J connectivity index is 2.36. The first-order valence-corrected chi connectivity index (χ1v) is 6.52. The van der Waals surface area contributed by atoms with Gasteiger partial charge in [-0.25, -0.2) is 4.39 Å². The van der Waals surface area contributed by atoms with Gasteiger partial charge in [-0.3, -0.25) is 4.79 Å². The lowest BCUT2D eigenvalue weighted by atomic mass is 10.0. The summed E-state index contributed by atoms with van der Waals surface area (Å²) in [6, 6.07) is 9.12. The number of benzene rings is 2. The van der Waals surface area contributed by atoms with Crippen molar-refractivity contribution in [1.29, 1.82) is 0 Å². The number of carbonyl (C=O) groups is 1. The van der Waals surface area contributed by atoms with Crippen molar-refractivity contribution in [3.05, 3.63) is 47.8 Å². The van der Waals surface area contributed by atoms with E-state index in [9.17, 15) is 14.3 Å². The lowest BCUT2D eigenvalue weighted by Gasteiger charge is -2.08. The van der Waals surface area contributed by atoms with Crippen LogP contribution in [0.15, 0.2) is 36.4 Å². The van der Waals surface area contributed by atoms with Crippen molar-refractivity contribution >= 4 is 5.91 Å². The third kappa shape index (κ3) is 3.13. The molecule has 110 valence electrons. The van der Waals surface area contributed by atoms with E-state index in [1.807, 2.05) is 0 Å². The maximum Gasteiger partial charge on any atom is 0.254 e. The summed E-state index contributed by atoms with van der Waals surface area (Å²) in [6.07, 6.45) is 0. The van der Waals surface area contributed by atoms with Crippen LogP contribution in [-0.2, 0) is 0 Å². The molecule has 0 saturated carbocycles. The Hall–Kier alpha value is -2.56. The molecular formula is C16H16FNO3. The normalized spacial score (nSPS) is 10.2. The van der Waals surface area contributed by atoms with E-state index in [0.29, 0.717) is 23.4 Å². The highest BCUT2D eigenvalue weighted by molar-refractivity contribution is 5.95. The van der Waals surface area contributed by atoms with Crippen LogP contribution in [0.3, 0.4) is 0 Å². The van der Waals surface area contributed by atoms with Crippen LogP contribution < -0.4 is 10.1 Å². The number of amides is 1. The number of aromatic hydroxyl groups is 1. The van der Waals surface area contributed by atoms with Gasteiger partial charge in [0, 0.05) is 6.54 Å². The maximum absolute atomic E-state index is 14.0. The van der Waals surface area contributed by atoms with Crippen LogP contribution in [0.5, 0.6) is 11.5 Å². The lowest BCUT2D eigenvalue weighted by molar-refractivity contribution is 0.0952. The van der Waals surface area contributed by atoms with Gasteiger partial charge in [0.2, 0.25) is 0 Å². The van der Waals surface area contributed by atoms with Crippen LogP contribution in [0.1, 0.15) is 17.3 Å². The molecular weight excluding hydrogens is 273 g/mol. The van der Waals surface area contributed by atoms with Crippen LogP contribution in [0, 0.1) is 5.82 Å². The molecule has 2 aromatic carbocycles. The zero-order valence-corrected chi connectivity index (χ0v) is 11.8. The number of phenols is 1. The van der Waals surface area contributed by atoms with Crippen LogP contribution in [-0.4, -0.2) is 24.7 Å². The van der Waals surface area contributed by atoms with E-state index in [1.54, 1.807) is 25.1 Å². The fraction of sp³-hybridized carbons (Fsp3) is 0.188. The van der Waals surface area contributed by atoms with E-state index < -0.39 is 11.7 Å². The quantitative estimate of drug-likeness (QED) is 0.909. The number of nitrogens with one attached hydrogen (secondary N) is 1. The number of hydrogen-bond acceptors (Lipinski definition) is 3. The van der Waals surface area contributed by atoms with Crippen LogP contribution in [0.2, 0.25) is 0 Å². The predicted molar refractivity (Wildman–Crippen MR) is 78.1 cm³/mol. The molecule has 5 heteroatoms. The summed E-state index contributed by atoms with van der Waals surface area (Å²) < 4.78 is 19.0. The van der Waals surface area contributed by atoms with Gasteiger partial charge in [-0.05, 0) is 42.3 Å². The molecule has 0 heterocycles. The van der Waals surface area contributed by atoms with Crippen molar-refractivity contribution in [3.63, 3.8) is 0 Å². The fourth-order valence-electron chi connectivity index (χ4n) is 2.00. The highest BCUT2D eigenvalue weighted by atomic mass is 19.1. The zero-order valence-electron chi connectivity index (χ0n) is 11.8. The molecule has 2 N–H and O–H groups in total. The summed E-state index contributed by atoms with van der Waals surface area (Å²) >= 11 is 0. The molecule has 0 aliphatic carbocycles. The first-order valence-electron chi connectivity index (χ1n) is 6.52. The number of halogens is 1. The summed E-state index contributed by atoms with van der Waals surface area (Å²) in [6.45, 7) is 2.21. The summed E-state index contributed by atoms with van der Waals surface area (Å²) in [5.41, 5.74) is 1.20. The van der Waals surface area contributed by atoms with Gasteiger partial charge in [0.25, 0.3) is 5.91 Å². The topological polar surface area (TPSA) is 58.6 Å². The molecule has 21 heavy (non-hydrogen) atoms. The average Bonchev–Trinajstić information content (AvgIpc) is 2.47. The van der Waals surface area contributed by atoms with E-state index in [1.165, 1.54) is 25.3 Å². The van der Waals surface area contributed by atoms with Crippen molar-refractivity contribution in [2.45, 2.75) is 6.92 Å². The van der Waals surface area contributed by atoms with Gasteiger partial charge in [-0.15, -0.1) is 0 Å². The second kappa shape index (κ2) is 6.26. The van der Waals surface area contributed by atoms with Gasteiger partial charge in [0.05, 0.1) is 12.7 Å². The molecule has 0 spiro atoms. The average molecular weight is 289 g/mol. The summed E-state index contributed by atoms with van der Waals surface area (Å²) in [4.78, 5) is 11.6. The Kier molecular flexibility index (Phi) is 4.42. The van der Waals surface area contributed by atoms with E-state index in [-0.39, 0.29) is 11.3 Å². The molecule has 0 fully saturated rings. The van der Waals surface area contributed by atoms with Gasteiger partial charge < -0.3 is 15.2 Å². The molecule has 0 saturated heterocycles. The molecule has 4 nitrogen and oxygen atoms in total. The molecule has 0 aliphatic rings. The zero-order chi connectivity index (χ0) is 15.4. The number of carbonyl (C=O) groups excluding carboxylic acids is 1. The van der Waals surface area contributed by atoms with Crippen molar-refractivity contribution in [2.24, 2.45) is 0 Å². The SMILES string of the molecule is CCNC(=O)c1ccc(-c2ccc(OC)c(O)c2)cc1F. The summed E-state index contributed by atoms with van der Waals surface area (Å²) in [5.74, 6) is -0.728. The van der Waals surface area contributed by atoms with Gasteiger partial charge in [-0.1, -0.05) is 12.1 Å². The number of ether oxygens (including phenoxy) is 1. The number of methoxy groups -OCH3 is 1. The third-order valence-electron chi connectivity index (χ3n) is 3.06. The Morgan fingerprint density at radius 3 is 2.48 bits per heavy atom. The van der Waals surface area contributed by atoms with Gasteiger partial charge >= 0.3 is 0 Å². The molecule has 2 aromatic rings. The molecule has 1 amide bonds. The largest absolute Gasteiger partial charge is 0.504 e. The summed E-state index contributed by atoms with van der Waals surface area (Å²) in [5, 5.41) is 12.3. The Bertz CT molecular complexity index is 671. The highest BCUT2D eigenvalue weighted by Crippen LogP contribution is 2.31. The van der Waals surface area contributed by atoms with E-state index >= 15 is 0 Å². The molecule has 0 radical (unpaired) electrons. The second-order valence-corrected chi connectivity index (χ2v) is 4.44. The molecule has 0 aliphatic heterocycles. The Morgan fingerprint density at radius 1 is 1.24 bits per heavy atom. The van der Waals surface area contributed by atoms with Gasteiger partial charge in [-0.2, -0.15) is 0 Å². The smallest absolute Gasteiger partial charge is 0.254 e. The van der Waals surface area contributed by atoms with Crippen LogP contribution in [0.25, 0.3) is 11.1 Å². The number of rotatable bonds is 4. The monoisotopic (exact) mass is 289 g/mol. The molecule has 0 unspecified atom stereocenters. The van der Waals surface area contributed by atoms with Gasteiger partial charge in [0.15, 0.2) is 11.5 Å². The number of hydrogen-bond donors (Lipinski definition) is 2. The summed E-state index contributed by atoms with van der Waals surface area (Å²) in [7, 11) is 1.45. The minimum absolute atomic E-state index is 0.00154. The standard InChI is InChI=1S/C16H16FNO3/c1-3-18-16(20)12-6-4-10(8-13(12)17)11-5-7-15(21-2)14(19)9-11/h4-9,19H,3H2,1-2H3,(H,18,20). The van der Waals surface area contributed by atoms with Crippen LogP contribution in [0.4, 0.5) is 4.39 Å². The van der Waals surface area contributed by atoms with Crippen molar-refractivity contribution in [1.82, 2.24) is 5.32 Å². The minimum atomic E-state index is -0.603. The number of phenolic OH excluding ortho intramolecular Hbond substituents is 1. The predicted octanol–water partition coefficient (Wildman–Crippen LogP) is 2.96. The fourth-order valence-corrected chi connectivity index (χ4v) is 2.00. The molecule has 2 rings (SSSR count). The molecule has 0 aromatic heterocycles. The first-order chi connectivity index (χ1) is 10.1. The molecule has 0 bridgehead atoms. The second-order valence-electron chi connectivity index (χ2n) is 4.44. The lowest BCUT2D eigenvalue weighted by Crippen LogP contribution is -2.23. The van der Waals surface area contributed by atoms with Crippen LogP contribution >= 0.6 is 0 Å². The first kappa shape index (κ1) is 14.8. The minimum Gasteiger partial charge on any atom is -0.504 e. The Labute approximate surface area is 122 Å². The van der Waals surface area contributed by atoms with Crippen molar-refractivity contribution in [2.75, 3.05) is 13.7 Å². The Morgan fingerprint density at radius 2 is 1.90 bits per heavy atom.